The van der Waals surface area contributed by atoms with Crippen molar-refractivity contribution < 1.29 is 14.7 Å². The molecule has 3 rings (SSSR count). The van der Waals surface area contributed by atoms with Gasteiger partial charge < -0.3 is 9.84 Å². The molecule has 0 aromatic heterocycles. The summed E-state index contributed by atoms with van der Waals surface area (Å²) in [7, 11) is 0. The van der Waals surface area contributed by atoms with Gasteiger partial charge in [-0.2, -0.15) is 0 Å². The monoisotopic (exact) mass is 607 g/mol. The summed E-state index contributed by atoms with van der Waals surface area (Å²) in [4.78, 5) is 5.17. The van der Waals surface area contributed by atoms with E-state index in [2.05, 4.69) is 45.2 Å². The molecule has 7 heteroatoms. The Labute approximate surface area is 189 Å². The standard InChI is InChI=1S/C20H16ClI2NO3/c1-11-2-5-14(6-3-11)26-18-7-4-12(8-16(18)21)20(27-24)15-9-13(22)10-17(23)19(15)25/h2-10,20,25H,24H2,1H3. The number of hydrogen-bond donors (Lipinski definition) is 2. The Bertz CT molecular complexity index is 964. The summed E-state index contributed by atoms with van der Waals surface area (Å²) in [6.07, 6.45) is -0.654. The first-order valence-corrected chi connectivity index (χ1v) is 10.5. The summed E-state index contributed by atoms with van der Waals surface area (Å²) in [5.41, 5.74) is 2.45. The Morgan fingerprint density at radius 3 is 2.37 bits per heavy atom. The van der Waals surface area contributed by atoms with E-state index in [0.29, 0.717) is 27.6 Å². The molecular formula is C20H16ClI2NO3. The molecule has 0 fully saturated rings. The van der Waals surface area contributed by atoms with Gasteiger partial charge in [0, 0.05) is 9.13 Å². The summed E-state index contributed by atoms with van der Waals surface area (Å²) in [6, 6.07) is 16.7. The third-order valence-corrected chi connectivity index (χ3v) is 5.72. The predicted molar refractivity (Wildman–Crippen MR) is 123 cm³/mol. The predicted octanol–water partition coefficient (Wildman–Crippen LogP) is 6.34. The molecule has 0 aliphatic heterocycles. The van der Waals surface area contributed by atoms with Crippen molar-refractivity contribution in [3.63, 3.8) is 0 Å². The van der Waals surface area contributed by atoms with Crippen molar-refractivity contribution in [3.8, 4) is 17.2 Å². The van der Waals surface area contributed by atoms with E-state index in [1.165, 1.54) is 0 Å². The van der Waals surface area contributed by atoms with Crippen molar-refractivity contribution in [3.05, 3.63) is 83.5 Å². The molecule has 3 aromatic carbocycles. The molecule has 0 saturated carbocycles. The number of phenols is 1. The van der Waals surface area contributed by atoms with Crippen molar-refractivity contribution in [2.75, 3.05) is 0 Å². The van der Waals surface area contributed by atoms with Gasteiger partial charge in [-0.1, -0.05) is 35.4 Å². The summed E-state index contributed by atoms with van der Waals surface area (Å²) >= 11 is 10.7. The van der Waals surface area contributed by atoms with Crippen LogP contribution in [0.3, 0.4) is 0 Å². The van der Waals surface area contributed by atoms with Crippen LogP contribution < -0.4 is 10.6 Å². The molecule has 0 saturated heterocycles. The molecule has 4 nitrogen and oxygen atoms in total. The fraction of sp³-hybridized carbons (Fsp3) is 0.100. The van der Waals surface area contributed by atoms with Gasteiger partial charge in [-0.05, 0) is 94.1 Å². The van der Waals surface area contributed by atoms with Crippen LogP contribution in [0.5, 0.6) is 17.2 Å². The van der Waals surface area contributed by atoms with Crippen molar-refractivity contribution in [2.45, 2.75) is 13.0 Å². The number of halogens is 3. The largest absolute Gasteiger partial charge is 0.506 e. The molecule has 0 radical (unpaired) electrons. The lowest BCUT2D eigenvalue weighted by Gasteiger charge is -2.19. The van der Waals surface area contributed by atoms with Gasteiger partial charge in [0.05, 0.1) is 8.59 Å². The van der Waals surface area contributed by atoms with Gasteiger partial charge in [0.25, 0.3) is 0 Å². The minimum Gasteiger partial charge on any atom is -0.506 e. The molecule has 1 atom stereocenters. The first-order chi connectivity index (χ1) is 12.9. The highest BCUT2D eigenvalue weighted by Crippen LogP contribution is 2.38. The molecule has 0 amide bonds. The maximum atomic E-state index is 10.4. The number of aryl methyl sites for hydroxylation is 1. The lowest BCUT2D eigenvalue weighted by molar-refractivity contribution is 0.0794. The number of hydrogen-bond acceptors (Lipinski definition) is 4. The number of phenolic OH excluding ortho intramolecular Hbond substituents is 1. The van der Waals surface area contributed by atoms with Crippen LogP contribution in [0.25, 0.3) is 0 Å². The fourth-order valence-corrected chi connectivity index (χ4v) is 4.73. The third kappa shape index (κ3) is 4.86. The molecular weight excluding hydrogens is 591 g/mol. The van der Waals surface area contributed by atoms with Crippen LogP contribution in [0.2, 0.25) is 5.02 Å². The highest BCUT2D eigenvalue weighted by Gasteiger charge is 2.21. The highest BCUT2D eigenvalue weighted by molar-refractivity contribution is 14.1. The molecule has 1 unspecified atom stereocenters. The van der Waals surface area contributed by atoms with E-state index < -0.39 is 6.10 Å². The molecule has 3 aromatic rings. The smallest absolute Gasteiger partial charge is 0.146 e. The minimum absolute atomic E-state index is 0.141. The lowest BCUT2D eigenvalue weighted by Crippen LogP contribution is -2.12. The average Bonchev–Trinajstić information content (AvgIpc) is 2.63. The van der Waals surface area contributed by atoms with Gasteiger partial charge >= 0.3 is 0 Å². The van der Waals surface area contributed by atoms with Crippen LogP contribution in [-0.4, -0.2) is 5.11 Å². The SMILES string of the molecule is Cc1ccc(Oc2ccc(C(ON)c3cc(I)cc(I)c3O)cc2Cl)cc1. The molecule has 140 valence electrons. The summed E-state index contributed by atoms with van der Waals surface area (Å²) in [5, 5.41) is 10.8. The second-order valence-corrected chi connectivity index (χ2v) is 8.76. The number of ether oxygens (including phenoxy) is 1. The second kappa shape index (κ2) is 8.95. The maximum Gasteiger partial charge on any atom is 0.146 e. The average molecular weight is 608 g/mol. The molecule has 0 aliphatic rings. The molecule has 0 aliphatic carbocycles. The van der Waals surface area contributed by atoms with Crippen LogP contribution >= 0.6 is 56.8 Å². The Balaban J connectivity index is 1.92. The molecule has 0 bridgehead atoms. The lowest BCUT2D eigenvalue weighted by atomic mass is 10.0. The first kappa shape index (κ1) is 20.7. The quantitative estimate of drug-likeness (QED) is 0.263. The van der Waals surface area contributed by atoms with Crippen LogP contribution in [0, 0.1) is 14.1 Å². The summed E-state index contributed by atoms with van der Waals surface area (Å²) in [6.45, 7) is 2.01. The van der Waals surface area contributed by atoms with E-state index in [1.54, 1.807) is 12.1 Å². The topological polar surface area (TPSA) is 64.7 Å². The Morgan fingerprint density at radius 1 is 1.04 bits per heavy atom. The van der Waals surface area contributed by atoms with Gasteiger partial charge in [0.2, 0.25) is 0 Å². The van der Waals surface area contributed by atoms with Crippen molar-refractivity contribution in [1.29, 1.82) is 0 Å². The first-order valence-electron chi connectivity index (χ1n) is 7.96. The zero-order chi connectivity index (χ0) is 19.6. The maximum absolute atomic E-state index is 10.4. The highest BCUT2D eigenvalue weighted by atomic mass is 127. The third-order valence-electron chi connectivity index (χ3n) is 3.98. The molecule has 27 heavy (non-hydrogen) atoms. The minimum atomic E-state index is -0.654. The van der Waals surface area contributed by atoms with E-state index in [-0.39, 0.29) is 5.75 Å². The zero-order valence-corrected chi connectivity index (χ0v) is 19.3. The van der Waals surface area contributed by atoms with Crippen LogP contribution in [-0.2, 0) is 4.84 Å². The van der Waals surface area contributed by atoms with Gasteiger partial charge in [-0.15, -0.1) is 0 Å². The van der Waals surface area contributed by atoms with Crippen molar-refractivity contribution in [1.82, 2.24) is 0 Å². The normalized spacial score (nSPS) is 12.0. The Morgan fingerprint density at radius 2 is 1.74 bits per heavy atom. The number of nitrogens with two attached hydrogens (primary N) is 1. The Hall–Kier alpha value is -1.07. The molecule has 0 heterocycles. The summed E-state index contributed by atoms with van der Waals surface area (Å²) in [5.74, 6) is 6.91. The Kier molecular flexibility index (Phi) is 6.85. The van der Waals surface area contributed by atoms with E-state index in [0.717, 1.165) is 12.7 Å². The van der Waals surface area contributed by atoms with E-state index >= 15 is 0 Å². The number of rotatable bonds is 5. The second-order valence-electron chi connectivity index (χ2n) is 5.95. The zero-order valence-electron chi connectivity index (χ0n) is 14.2. The fourth-order valence-electron chi connectivity index (χ4n) is 2.61. The van der Waals surface area contributed by atoms with Crippen LogP contribution in [0.4, 0.5) is 0 Å². The van der Waals surface area contributed by atoms with Gasteiger partial charge in [-0.25, -0.2) is 5.90 Å². The number of benzene rings is 3. The van der Waals surface area contributed by atoms with Gasteiger partial charge in [0.1, 0.15) is 23.4 Å². The number of aromatic hydroxyl groups is 1. The summed E-state index contributed by atoms with van der Waals surface area (Å²) < 4.78 is 7.54. The van der Waals surface area contributed by atoms with Crippen LogP contribution in [0.1, 0.15) is 22.8 Å². The van der Waals surface area contributed by atoms with E-state index in [1.807, 2.05) is 49.4 Å². The van der Waals surface area contributed by atoms with Crippen molar-refractivity contribution in [2.24, 2.45) is 5.90 Å². The van der Waals surface area contributed by atoms with Crippen LogP contribution in [0.15, 0.2) is 54.6 Å². The van der Waals surface area contributed by atoms with Gasteiger partial charge in [0.15, 0.2) is 0 Å². The van der Waals surface area contributed by atoms with E-state index in [4.69, 9.17) is 27.1 Å². The molecule has 3 N–H and O–H groups in total. The van der Waals surface area contributed by atoms with Gasteiger partial charge in [-0.3, -0.25) is 4.84 Å². The van der Waals surface area contributed by atoms with E-state index in [9.17, 15) is 5.11 Å². The molecule has 0 spiro atoms. The van der Waals surface area contributed by atoms with Crippen molar-refractivity contribution >= 4 is 56.8 Å².